The average molecular weight is 468 g/mol. The molecule has 172 valence electrons. The molecule has 0 spiro atoms. The molecule has 0 aliphatic heterocycles. The predicted octanol–water partition coefficient (Wildman–Crippen LogP) is 5.29. The van der Waals surface area contributed by atoms with E-state index >= 15 is 0 Å². The summed E-state index contributed by atoms with van der Waals surface area (Å²) in [6.45, 7) is 1.64. The number of esters is 1. The lowest BCUT2D eigenvalue weighted by Gasteiger charge is -2.21. The monoisotopic (exact) mass is 467 g/mol. The number of phenolic OH excluding ortho intramolecular Hbond substituents is 1. The predicted molar refractivity (Wildman–Crippen MR) is 129 cm³/mol. The summed E-state index contributed by atoms with van der Waals surface area (Å²) in [6.07, 6.45) is -0.465. The van der Waals surface area contributed by atoms with Crippen molar-refractivity contribution in [2.45, 2.75) is 25.9 Å². The molecule has 0 saturated heterocycles. The third kappa shape index (κ3) is 6.49. The molecule has 3 aromatic rings. The molecule has 0 radical (unpaired) electrons. The van der Waals surface area contributed by atoms with Gasteiger partial charge in [-0.1, -0.05) is 30.3 Å². The van der Waals surface area contributed by atoms with Gasteiger partial charge in [0.2, 0.25) is 0 Å². The molecule has 1 amide bonds. The number of hydrogen-bond acceptors (Lipinski definition) is 7. The molecule has 33 heavy (non-hydrogen) atoms. The summed E-state index contributed by atoms with van der Waals surface area (Å²) in [7, 11) is 0. The Hall–Kier alpha value is -3.52. The van der Waals surface area contributed by atoms with Gasteiger partial charge in [-0.2, -0.15) is 12.6 Å². The van der Waals surface area contributed by atoms with Crippen LogP contribution in [0.3, 0.4) is 0 Å². The lowest BCUT2D eigenvalue weighted by molar-refractivity contribution is -0.140. The Kier molecular flexibility index (Phi) is 8.32. The highest BCUT2D eigenvalue weighted by atomic mass is 32.1. The van der Waals surface area contributed by atoms with E-state index in [4.69, 9.17) is 9.47 Å². The minimum atomic E-state index is -0.667. The fraction of sp³-hybridized carbons (Fsp3) is 0.240. The molecule has 1 atom stereocenters. The summed E-state index contributed by atoms with van der Waals surface area (Å²) in [5.74, 6) is -0.363. The van der Waals surface area contributed by atoms with Gasteiger partial charge in [-0.3, -0.25) is 14.9 Å². The number of carbonyl (C=O) groups excluding carboxylic acids is 3. The molecule has 0 aliphatic carbocycles. The first-order valence-corrected chi connectivity index (χ1v) is 11.1. The van der Waals surface area contributed by atoms with Gasteiger partial charge in [0.05, 0.1) is 12.4 Å². The number of anilines is 1. The second-order valence-electron chi connectivity index (χ2n) is 7.39. The van der Waals surface area contributed by atoms with E-state index in [0.29, 0.717) is 29.5 Å². The Morgan fingerprint density at radius 3 is 2.36 bits per heavy atom. The minimum absolute atomic E-state index is 0.00659. The van der Waals surface area contributed by atoms with Crippen LogP contribution in [0.4, 0.5) is 10.5 Å². The van der Waals surface area contributed by atoms with E-state index in [9.17, 15) is 19.5 Å². The van der Waals surface area contributed by atoms with E-state index in [1.54, 1.807) is 42.5 Å². The molecule has 0 fully saturated rings. The van der Waals surface area contributed by atoms with Crippen LogP contribution >= 0.6 is 12.6 Å². The van der Waals surface area contributed by atoms with Crippen LogP contribution in [0.2, 0.25) is 0 Å². The highest BCUT2D eigenvalue weighted by Gasteiger charge is 2.20. The van der Waals surface area contributed by atoms with Crippen molar-refractivity contribution in [2.24, 2.45) is 0 Å². The first-order chi connectivity index (χ1) is 15.9. The lowest BCUT2D eigenvalue weighted by atomic mass is 9.97. The number of carbonyl (C=O) groups is 3. The molecule has 0 bridgehead atoms. The van der Waals surface area contributed by atoms with Crippen molar-refractivity contribution >= 4 is 46.9 Å². The molecular weight excluding hydrogens is 442 g/mol. The van der Waals surface area contributed by atoms with Gasteiger partial charge < -0.3 is 14.6 Å². The maximum atomic E-state index is 12.7. The summed E-state index contributed by atoms with van der Waals surface area (Å²) < 4.78 is 10.8. The SMILES string of the molecule is CC(=O)c1ccc(NC(=O)O[C@H](CCCOC(=O)CS)c2ccc(O)c3ccccc23)cc1. The summed E-state index contributed by atoms with van der Waals surface area (Å²) in [6, 6.07) is 17.1. The van der Waals surface area contributed by atoms with Crippen molar-refractivity contribution in [1.29, 1.82) is 0 Å². The zero-order valence-corrected chi connectivity index (χ0v) is 19.0. The Morgan fingerprint density at radius 1 is 1.00 bits per heavy atom. The van der Waals surface area contributed by atoms with E-state index in [-0.39, 0.29) is 23.9 Å². The van der Waals surface area contributed by atoms with Crippen LogP contribution in [-0.2, 0) is 14.3 Å². The number of nitrogens with one attached hydrogen (secondary N) is 1. The number of rotatable bonds is 9. The van der Waals surface area contributed by atoms with Crippen LogP contribution in [0, 0.1) is 0 Å². The van der Waals surface area contributed by atoms with Crippen molar-refractivity contribution in [3.05, 3.63) is 71.8 Å². The normalized spacial score (nSPS) is 11.6. The van der Waals surface area contributed by atoms with Gasteiger partial charge in [0.1, 0.15) is 11.9 Å². The molecule has 0 heterocycles. The van der Waals surface area contributed by atoms with Crippen molar-refractivity contribution in [2.75, 3.05) is 17.7 Å². The first-order valence-electron chi connectivity index (χ1n) is 10.4. The highest BCUT2D eigenvalue weighted by molar-refractivity contribution is 7.81. The molecule has 0 saturated carbocycles. The summed E-state index contributed by atoms with van der Waals surface area (Å²) in [5.41, 5.74) is 1.76. The molecule has 2 N–H and O–H groups in total. The molecule has 8 heteroatoms. The quantitative estimate of drug-likeness (QED) is 0.171. The Morgan fingerprint density at radius 2 is 1.70 bits per heavy atom. The van der Waals surface area contributed by atoms with Gasteiger partial charge in [-0.25, -0.2) is 4.79 Å². The fourth-order valence-corrected chi connectivity index (χ4v) is 3.52. The second kappa shape index (κ2) is 11.4. The number of phenols is 1. The van der Waals surface area contributed by atoms with E-state index in [0.717, 1.165) is 10.9 Å². The van der Waals surface area contributed by atoms with Gasteiger partial charge in [0, 0.05) is 22.2 Å². The summed E-state index contributed by atoms with van der Waals surface area (Å²) in [5, 5.41) is 14.3. The number of Topliss-reactive ketones (excluding diaryl/α,β-unsaturated/α-hetero) is 1. The molecular formula is C25H25NO6S. The van der Waals surface area contributed by atoms with Gasteiger partial charge in [0.15, 0.2) is 5.78 Å². The van der Waals surface area contributed by atoms with Crippen molar-refractivity contribution < 1.29 is 29.0 Å². The minimum Gasteiger partial charge on any atom is -0.507 e. The van der Waals surface area contributed by atoms with Crippen LogP contribution in [-0.4, -0.2) is 35.3 Å². The summed E-state index contributed by atoms with van der Waals surface area (Å²) in [4.78, 5) is 35.4. The van der Waals surface area contributed by atoms with Crippen LogP contribution < -0.4 is 5.32 Å². The highest BCUT2D eigenvalue weighted by Crippen LogP contribution is 2.34. The topological polar surface area (TPSA) is 102 Å². The van der Waals surface area contributed by atoms with Crippen LogP contribution in [0.1, 0.15) is 41.8 Å². The zero-order valence-electron chi connectivity index (χ0n) is 18.1. The van der Waals surface area contributed by atoms with Gasteiger partial charge in [-0.05, 0) is 55.5 Å². The third-order valence-electron chi connectivity index (χ3n) is 5.07. The third-order valence-corrected chi connectivity index (χ3v) is 5.33. The van der Waals surface area contributed by atoms with Crippen LogP contribution in [0.5, 0.6) is 5.75 Å². The van der Waals surface area contributed by atoms with Gasteiger partial charge >= 0.3 is 12.1 Å². The van der Waals surface area contributed by atoms with Crippen molar-refractivity contribution in [3.8, 4) is 5.75 Å². The van der Waals surface area contributed by atoms with E-state index < -0.39 is 18.2 Å². The number of ether oxygens (including phenoxy) is 2. The number of hydrogen-bond donors (Lipinski definition) is 3. The maximum absolute atomic E-state index is 12.7. The number of ketones is 1. The Labute approximate surface area is 197 Å². The van der Waals surface area contributed by atoms with Crippen molar-refractivity contribution in [3.63, 3.8) is 0 Å². The van der Waals surface area contributed by atoms with Gasteiger partial charge in [-0.15, -0.1) is 0 Å². The Balaban J connectivity index is 1.78. The number of fused-ring (bicyclic) bond motifs is 1. The van der Waals surface area contributed by atoms with Gasteiger partial charge in [0.25, 0.3) is 0 Å². The van der Waals surface area contributed by atoms with E-state index in [2.05, 4.69) is 17.9 Å². The smallest absolute Gasteiger partial charge is 0.412 e. The number of thiol groups is 1. The lowest BCUT2D eigenvalue weighted by Crippen LogP contribution is -2.18. The largest absolute Gasteiger partial charge is 0.507 e. The second-order valence-corrected chi connectivity index (χ2v) is 7.71. The van der Waals surface area contributed by atoms with E-state index in [1.807, 2.05) is 18.2 Å². The molecule has 3 rings (SSSR count). The molecule has 3 aromatic carbocycles. The average Bonchev–Trinajstić information content (AvgIpc) is 2.81. The first kappa shape index (κ1) is 24.1. The standard InChI is InChI=1S/C25H25NO6S/c1-16(27)17-8-10-18(11-9-17)26-25(30)32-23(7-4-14-31-24(29)15-33)21-12-13-22(28)20-6-3-2-5-19(20)21/h2-3,5-6,8-13,23,28,33H,4,7,14-15H2,1H3,(H,26,30)/t23-/m1/s1. The molecule has 0 unspecified atom stereocenters. The van der Waals surface area contributed by atoms with E-state index in [1.165, 1.54) is 6.92 Å². The van der Waals surface area contributed by atoms with Crippen molar-refractivity contribution in [1.82, 2.24) is 0 Å². The summed E-state index contributed by atoms with van der Waals surface area (Å²) >= 11 is 3.88. The maximum Gasteiger partial charge on any atom is 0.412 e. The number of amides is 1. The Bertz CT molecular complexity index is 1150. The number of benzene rings is 3. The zero-order chi connectivity index (χ0) is 23.8. The van der Waals surface area contributed by atoms with Crippen LogP contribution in [0.15, 0.2) is 60.7 Å². The van der Waals surface area contributed by atoms with Crippen LogP contribution in [0.25, 0.3) is 10.8 Å². The molecule has 0 aromatic heterocycles. The fourth-order valence-electron chi connectivity index (χ4n) is 3.43. The molecule has 0 aliphatic rings. The number of aromatic hydroxyl groups is 1. The molecule has 7 nitrogen and oxygen atoms in total.